The van der Waals surface area contributed by atoms with Crippen molar-refractivity contribution >= 4 is 16.5 Å². The number of oxime groups is 1. The third-order valence-electron chi connectivity index (χ3n) is 5.65. The molecule has 2 bridgehead atoms. The van der Waals surface area contributed by atoms with E-state index < -0.39 is 0 Å². The molecule has 2 aromatic rings. The highest BCUT2D eigenvalue weighted by Gasteiger charge is 2.45. The summed E-state index contributed by atoms with van der Waals surface area (Å²) in [6.07, 6.45) is 5.00. The van der Waals surface area contributed by atoms with E-state index in [1.165, 1.54) is 22.8 Å². The van der Waals surface area contributed by atoms with Crippen LogP contribution >= 0.6 is 0 Å². The van der Waals surface area contributed by atoms with Crippen molar-refractivity contribution < 1.29 is 9.57 Å². The van der Waals surface area contributed by atoms with Gasteiger partial charge in [0.15, 0.2) is 0 Å². The first kappa shape index (κ1) is 15.6. The van der Waals surface area contributed by atoms with Gasteiger partial charge in [0.25, 0.3) is 0 Å². The summed E-state index contributed by atoms with van der Waals surface area (Å²) in [6, 6.07) is 15.5. The quantitative estimate of drug-likeness (QED) is 0.591. The zero-order valence-corrected chi connectivity index (χ0v) is 14.4. The standard InChI is InChI=1S/C21H25NO2/c1-3-19(22-23-2)21-18(13-17-10-11-20(21)24-17)16-9-8-14-6-4-5-7-15(14)12-16/h4-9,12,17-18,20-21H,3,10-11,13H2,1-2H3/t17?,18-,20+,21+/m0/s1. The fraction of sp³-hybridized carbons (Fsp3) is 0.476. The van der Waals surface area contributed by atoms with Gasteiger partial charge < -0.3 is 9.57 Å². The molecule has 2 saturated heterocycles. The summed E-state index contributed by atoms with van der Waals surface area (Å²) in [5.74, 6) is 0.796. The highest BCUT2D eigenvalue weighted by atomic mass is 16.6. The van der Waals surface area contributed by atoms with Gasteiger partial charge in [0, 0.05) is 5.92 Å². The second-order valence-electron chi connectivity index (χ2n) is 6.97. The molecule has 0 amide bonds. The number of rotatable bonds is 4. The fourth-order valence-corrected chi connectivity index (χ4v) is 4.57. The number of hydrogen-bond donors (Lipinski definition) is 0. The zero-order valence-electron chi connectivity index (χ0n) is 14.4. The normalized spacial score (nSPS) is 29.8. The van der Waals surface area contributed by atoms with Crippen molar-refractivity contribution in [2.75, 3.05) is 7.11 Å². The highest BCUT2D eigenvalue weighted by Crippen LogP contribution is 2.46. The second-order valence-corrected chi connectivity index (χ2v) is 6.97. The maximum atomic E-state index is 6.24. The summed E-state index contributed by atoms with van der Waals surface area (Å²) in [4.78, 5) is 5.14. The Bertz CT molecular complexity index is 754. The molecule has 126 valence electrons. The number of hydrogen-bond acceptors (Lipinski definition) is 3. The van der Waals surface area contributed by atoms with Crippen LogP contribution in [0.2, 0.25) is 0 Å². The summed E-state index contributed by atoms with van der Waals surface area (Å²) in [5, 5.41) is 6.97. The summed E-state index contributed by atoms with van der Waals surface area (Å²) in [5.41, 5.74) is 2.55. The molecule has 2 fully saturated rings. The van der Waals surface area contributed by atoms with Crippen LogP contribution in [0.1, 0.15) is 44.1 Å². The van der Waals surface area contributed by atoms with Crippen molar-refractivity contribution in [3.8, 4) is 0 Å². The second kappa shape index (κ2) is 6.56. The van der Waals surface area contributed by atoms with Crippen LogP contribution in [0.4, 0.5) is 0 Å². The maximum absolute atomic E-state index is 6.24. The molecule has 3 nitrogen and oxygen atoms in total. The van der Waals surface area contributed by atoms with Gasteiger partial charge in [0.2, 0.25) is 0 Å². The summed E-state index contributed by atoms with van der Waals surface area (Å²) in [6.45, 7) is 2.16. The van der Waals surface area contributed by atoms with E-state index in [1.807, 2.05) is 0 Å². The van der Waals surface area contributed by atoms with Gasteiger partial charge >= 0.3 is 0 Å². The molecular weight excluding hydrogens is 298 g/mol. The van der Waals surface area contributed by atoms with Crippen LogP contribution in [0.15, 0.2) is 47.6 Å². The van der Waals surface area contributed by atoms with Crippen molar-refractivity contribution in [2.45, 2.75) is 50.7 Å². The molecular formula is C21H25NO2. The Morgan fingerprint density at radius 2 is 2.00 bits per heavy atom. The molecule has 0 saturated carbocycles. The Morgan fingerprint density at radius 3 is 2.79 bits per heavy atom. The topological polar surface area (TPSA) is 30.8 Å². The predicted molar refractivity (Wildman–Crippen MR) is 97.4 cm³/mol. The molecule has 2 aromatic carbocycles. The lowest BCUT2D eigenvalue weighted by Crippen LogP contribution is -2.39. The SMILES string of the molecule is CCC(=NOC)[C@@H]1[C@H]2CCC(C[C@H]1c1ccc3ccccc3c1)O2. The molecule has 0 spiro atoms. The van der Waals surface area contributed by atoms with E-state index in [1.54, 1.807) is 7.11 Å². The highest BCUT2D eigenvalue weighted by molar-refractivity contribution is 5.88. The number of fused-ring (bicyclic) bond motifs is 3. The largest absolute Gasteiger partial charge is 0.399 e. The van der Waals surface area contributed by atoms with Crippen molar-refractivity contribution in [2.24, 2.45) is 11.1 Å². The Morgan fingerprint density at radius 1 is 1.17 bits per heavy atom. The van der Waals surface area contributed by atoms with Crippen LogP contribution < -0.4 is 0 Å². The summed E-state index contributed by atoms with van der Waals surface area (Å²) < 4.78 is 6.24. The van der Waals surface area contributed by atoms with Crippen LogP contribution in [-0.4, -0.2) is 25.0 Å². The average molecular weight is 323 g/mol. The zero-order chi connectivity index (χ0) is 16.5. The molecule has 4 atom stereocenters. The first-order chi connectivity index (χ1) is 11.8. The molecule has 0 aromatic heterocycles. The van der Waals surface area contributed by atoms with E-state index in [0.717, 1.165) is 25.0 Å². The van der Waals surface area contributed by atoms with Crippen molar-refractivity contribution in [3.63, 3.8) is 0 Å². The molecule has 1 unspecified atom stereocenters. The summed E-state index contributed by atoms with van der Waals surface area (Å²) in [7, 11) is 1.64. The molecule has 0 N–H and O–H groups in total. The average Bonchev–Trinajstić information content (AvgIpc) is 3.01. The lowest BCUT2D eigenvalue weighted by Gasteiger charge is -2.37. The van der Waals surface area contributed by atoms with E-state index in [9.17, 15) is 0 Å². The first-order valence-electron chi connectivity index (χ1n) is 9.04. The van der Waals surface area contributed by atoms with Crippen molar-refractivity contribution in [3.05, 3.63) is 48.0 Å². The van der Waals surface area contributed by atoms with Gasteiger partial charge in [-0.1, -0.05) is 54.5 Å². The van der Waals surface area contributed by atoms with Gasteiger partial charge in [-0.25, -0.2) is 0 Å². The van der Waals surface area contributed by atoms with E-state index >= 15 is 0 Å². The minimum atomic E-state index is 0.286. The smallest absolute Gasteiger partial charge is 0.106 e. The lowest BCUT2D eigenvalue weighted by atomic mass is 9.75. The Kier molecular flexibility index (Phi) is 4.28. The van der Waals surface area contributed by atoms with Crippen LogP contribution in [0, 0.1) is 5.92 Å². The Balaban J connectivity index is 1.75. The van der Waals surface area contributed by atoms with E-state index in [4.69, 9.17) is 9.57 Å². The summed E-state index contributed by atoms with van der Waals surface area (Å²) >= 11 is 0. The number of benzene rings is 2. The van der Waals surface area contributed by atoms with Gasteiger partial charge in [-0.3, -0.25) is 0 Å². The van der Waals surface area contributed by atoms with Gasteiger partial charge in [0.05, 0.1) is 17.9 Å². The third kappa shape index (κ3) is 2.71. The van der Waals surface area contributed by atoms with Crippen LogP contribution in [-0.2, 0) is 9.57 Å². The fourth-order valence-electron chi connectivity index (χ4n) is 4.57. The van der Waals surface area contributed by atoms with Crippen molar-refractivity contribution in [1.82, 2.24) is 0 Å². The molecule has 3 heteroatoms. The lowest BCUT2D eigenvalue weighted by molar-refractivity contribution is -0.0248. The molecule has 2 aliphatic heterocycles. The van der Waals surface area contributed by atoms with Crippen LogP contribution in [0.3, 0.4) is 0 Å². The minimum absolute atomic E-state index is 0.286. The van der Waals surface area contributed by atoms with Crippen LogP contribution in [0.5, 0.6) is 0 Å². The van der Waals surface area contributed by atoms with E-state index in [-0.39, 0.29) is 6.10 Å². The minimum Gasteiger partial charge on any atom is -0.399 e. The molecule has 24 heavy (non-hydrogen) atoms. The molecule has 0 radical (unpaired) electrons. The molecule has 2 aliphatic rings. The van der Waals surface area contributed by atoms with Gasteiger partial charge in [-0.05, 0) is 47.9 Å². The number of ether oxygens (including phenoxy) is 1. The van der Waals surface area contributed by atoms with Gasteiger partial charge in [0.1, 0.15) is 7.11 Å². The van der Waals surface area contributed by atoms with Gasteiger partial charge in [-0.2, -0.15) is 0 Å². The molecule has 4 rings (SSSR count). The monoisotopic (exact) mass is 323 g/mol. The van der Waals surface area contributed by atoms with E-state index in [0.29, 0.717) is 17.9 Å². The van der Waals surface area contributed by atoms with Crippen molar-refractivity contribution in [1.29, 1.82) is 0 Å². The first-order valence-corrected chi connectivity index (χ1v) is 9.04. The molecule has 0 aliphatic carbocycles. The van der Waals surface area contributed by atoms with Gasteiger partial charge in [-0.15, -0.1) is 0 Å². The van der Waals surface area contributed by atoms with E-state index in [2.05, 4.69) is 54.5 Å². The maximum Gasteiger partial charge on any atom is 0.106 e. The third-order valence-corrected chi connectivity index (χ3v) is 5.65. The Hall–Kier alpha value is -1.87. The van der Waals surface area contributed by atoms with Crippen LogP contribution in [0.25, 0.3) is 10.8 Å². The Labute approximate surface area is 143 Å². The predicted octanol–water partition coefficient (Wildman–Crippen LogP) is 4.90. The number of nitrogens with zero attached hydrogens (tertiary/aromatic N) is 1. The molecule has 2 heterocycles.